The van der Waals surface area contributed by atoms with Gasteiger partial charge in [-0.15, -0.1) is 6.58 Å². The van der Waals surface area contributed by atoms with E-state index in [9.17, 15) is 0 Å². The minimum absolute atomic E-state index is 0.777. The fraction of sp³-hybridized carbons (Fsp3) is 0.333. The van der Waals surface area contributed by atoms with Crippen LogP contribution in [0.2, 0.25) is 0 Å². The molecular formula is C9H12BrNO. The zero-order valence-electron chi connectivity index (χ0n) is 6.85. The van der Waals surface area contributed by atoms with Gasteiger partial charge < -0.3 is 9.73 Å². The second kappa shape index (κ2) is 5.17. The van der Waals surface area contributed by atoms with E-state index in [1.807, 2.05) is 18.2 Å². The fourth-order valence-corrected chi connectivity index (χ4v) is 1.20. The lowest BCUT2D eigenvalue weighted by Crippen LogP contribution is -2.13. The van der Waals surface area contributed by atoms with Gasteiger partial charge in [-0.2, -0.15) is 0 Å². The Labute approximate surface area is 80.8 Å². The third-order valence-electron chi connectivity index (χ3n) is 1.45. The second-order valence-electron chi connectivity index (χ2n) is 2.46. The molecule has 0 spiro atoms. The molecule has 1 rings (SSSR count). The molecule has 0 aliphatic carbocycles. The summed E-state index contributed by atoms with van der Waals surface area (Å²) >= 11 is 3.24. The molecular weight excluding hydrogens is 218 g/mol. The van der Waals surface area contributed by atoms with Gasteiger partial charge in [0.2, 0.25) is 0 Å². The summed E-state index contributed by atoms with van der Waals surface area (Å²) in [5.41, 5.74) is 0. The van der Waals surface area contributed by atoms with Crippen LogP contribution in [0, 0.1) is 0 Å². The summed E-state index contributed by atoms with van der Waals surface area (Å²) in [4.78, 5) is 0. The van der Waals surface area contributed by atoms with Crippen LogP contribution in [0.4, 0.5) is 0 Å². The first-order valence-corrected chi connectivity index (χ1v) is 4.68. The molecule has 0 unspecified atom stereocenters. The van der Waals surface area contributed by atoms with E-state index in [4.69, 9.17) is 4.42 Å². The molecule has 12 heavy (non-hydrogen) atoms. The Hall–Kier alpha value is -0.540. The molecule has 0 radical (unpaired) electrons. The lowest BCUT2D eigenvalue weighted by molar-refractivity contribution is 0.467. The fourth-order valence-electron chi connectivity index (χ4n) is 0.862. The highest BCUT2D eigenvalue weighted by Gasteiger charge is 1.96. The maximum Gasteiger partial charge on any atom is 0.169 e. The van der Waals surface area contributed by atoms with E-state index < -0.39 is 0 Å². The zero-order chi connectivity index (χ0) is 8.81. The van der Waals surface area contributed by atoms with Gasteiger partial charge >= 0.3 is 0 Å². The number of hydrogen-bond donors (Lipinski definition) is 1. The Kier molecular flexibility index (Phi) is 4.11. The van der Waals surface area contributed by atoms with E-state index >= 15 is 0 Å². The quantitative estimate of drug-likeness (QED) is 0.621. The highest BCUT2D eigenvalue weighted by Crippen LogP contribution is 2.13. The van der Waals surface area contributed by atoms with Crippen molar-refractivity contribution in [3.8, 4) is 0 Å². The SMILES string of the molecule is C=CCCNCc1ccc(Br)o1. The Morgan fingerprint density at radius 3 is 3.00 bits per heavy atom. The van der Waals surface area contributed by atoms with Crippen LogP contribution in [0.1, 0.15) is 12.2 Å². The molecule has 0 aromatic carbocycles. The molecule has 1 aromatic rings. The molecule has 1 heterocycles. The molecule has 1 aromatic heterocycles. The number of hydrogen-bond acceptors (Lipinski definition) is 2. The summed E-state index contributed by atoms with van der Waals surface area (Å²) in [6.45, 7) is 5.36. The Bertz CT molecular complexity index is 244. The van der Waals surface area contributed by atoms with Crippen LogP contribution in [0.15, 0.2) is 33.9 Å². The largest absolute Gasteiger partial charge is 0.453 e. The van der Waals surface area contributed by atoms with Crippen molar-refractivity contribution in [2.45, 2.75) is 13.0 Å². The van der Waals surface area contributed by atoms with E-state index in [-0.39, 0.29) is 0 Å². The van der Waals surface area contributed by atoms with Crippen molar-refractivity contribution in [3.63, 3.8) is 0 Å². The number of furan rings is 1. The van der Waals surface area contributed by atoms with E-state index in [0.717, 1.165) is 29.9 Å². The molecule has 0 atom stereocenters. The summed E-state index contributed by atoms with van der Waals surface area (Å²) in [7, 11) is 0. The van der Waals surface area contributed by atoms with Crippen molar-refractivity contribution >= 4 is 15.9 Å². The first-order valence-electron chi connectivity index (χ1n) is 3.89. The van der Waals surface area contributed by atoms with Gasteiger partial charge in [-0.05, 0) is 41.0 Å². The highest BCUT2D eigenvalue weighted by atomic mass is 79.9. The first-order chi connectivity index (χ1) is 5.83. The monoisotopic (exact) mass is 229 g/mol. The molecule has 0 aliphatic rings. The Balaban J connectivity index is 2.19. The lowest BCUT2D eigenvalue weighted by atomic mass is 10.4. The van der Waals surface area contributed by atoms with Crippen LogP contribution < -0.4 is 5.32 Å². The number of halogens is 1. The van der Waals surface area contributed by atoms with E-state index in [1.165, 1.54) is 0 Å². The molecule has 66 valence electrons. The molecule has 0 saturated heterocycles. The highest BCUT2D eigenvalue weighted by molar-refractivity contribution is 9.10. The van der Waals surface area contributed by atoms with E-state index in [2.05, 4.69) is 27.8 Å². The maximum atomic E-state index is 5.29. The van der Waals surface area contributed by atoms with Gasteiger partial charge in [0, 0.05) is 0 Å². The van der Waals surface area contributed by atoms with E-state index in [1.54, 1.807) is 0 Å². The molecule has 3 heteroatoms. The van der Waals surface area contributed by atoms with Gasteiger partial charge in [-0.1, -0.05) is 6.08 Å². The van der Waals surface area contributed by atoms with Gasteiger partial charge in [-0.3, -0.25) is 0 Å². The molecule has 0 aliphatic heterocycles. The Morgan fingerprint density at radius 2 is 2.42 bits per heavy atom. The smallest absolute Gasteiger partial charge is 0.169 e. The predicted octanol–water partition coefficient (Wildman–Crippen LogP) is 2.71. The lowest BCUT2D eigenvalue weighted by Gasteiger charge is -1.98. The van der Waals surface area contributed by atoms with Crippen LogP contribution in [0.3, 0.4) is 0 Å². The van der Waals surface area contributed by atoms with Gasteiger partial charge in [0.15, 0.2) is 4.67 Å². The molecule has 0 bridgehead atoms. The maximum absolute atomic E-state index is 5.29. The first kappa shape index (κ1) is 9.55. The second-order valence-corrected chi connectivity index (χ2v) is 3.24. The van der Waals surface area contributed by atoms with Crippen LogP contribution in [0.25, 0.3) is 0 Å². The molecule has 0 amide bonds. The summed E-state index contributed by atoms with van der Waals surface area (Å²) in [5, 5.41) is 3.23. The number of rotatable bonds is 5. The van der Waals surface area contributed by atoms with Crippen LogP contribution >= 0.6 is 15.9 Å². The van der Waals surface area contributed by atoms with Gasteiger partial charge in [0.05, 0.1) is 6.54 Å². The van der Waals surface area contributed by atoms with E-state index in [0.29, 0.717) is 0 Å². The molecule has 0 saturated carbocycles. The van der Waals surface area contributed by atoms with Gasteiger partial charge in [0.25, 0.3) is 0 Å². The summed E-state index contributed by atoms with van der Waals surface area (Å²) < 4.78 is 6.07. The van der Waals surface area contributed by atoms with Crippen molar-refractivity contribution in [2.75, 3.05) is 6.54 Å². The standard InChI is InChI=1S/C9H12BrNO/c1-2-3-6-11-7-8-4-5-9(10)12-8/h2,4-5,11H,1,3,6-7H2. The summed E-state index contributed by atoms with van der Waals surface area (Å²) in [6, 6.07) is 3.84. The average molecular weight is 230 g/mol. The minimum Gasteiger partial charge on any atom is -0.453 e. The predicted molar refractivity (Wildman–Crippen MR) is 52.9 cm³/mol. The van der Waals surface area contributed by atoms with Crippen molar-refractivity contribution in [1.29, 1.82) is 0 Å². The third-order valence-corrected chi connectivity index (χ3v) is 1.88. The third kappa shape index (κ3) is 3.24. The molecule has 1 N–H and O–H groups in total. The topological polar surface area (TPSA) is 25.2 Å². The Morgan fingerprint density at radius 1 is 1.58 bits per heavy atom. The van der Waals surface area contributed by atoms with Crippen LogP contribution in [-0.2, 0) is 6.54 Å². The van der Waals surface area contributed by atoms with Gasteiger partial charge in [0.1, 0.15) is 5.76 Å². The number of nitrogens with one attached hydrogen (secondary N) is 1. The summed E-state index contributed by atoms with van der Waals surface area (Å²) in [5.74, 6) is 0.950. The average Bonchev–Trinajstić information content (AvgIpc) is 2.45. The minimum atomic E-state index is 0.777. The van der Waals surface area contributed by atoms with Crippen molar-refractivity contribution in [1.82, 2.24) is 5.32 Å². The molecule has 0 fully saturated rings. The zero-order valence-corrected chi connectivity index (χ0v) is 8.43. The summed E-state index contributed by atoms with van der Waals surface area (Å²) in [6.07, 6.45) is 2.88. The van der Waals surface area contributed by atoms with Crippen molar-refractivity contribution < 1.29 is 4.42 Å². The molecule has 2 nitrogen and oxygen atoms in total. The normalized spacial score (nSPS) is 10.1. The van der Waals surface area contributed by atoms with Crippen molar-refractivity contribution in [2.24, 2.45) is 0 Å². The van der Waals surface area contributed by atoms with Crippen LogP contribution in [-0.4, -0.2) is 6.54 Å². The van der Waals surface area contributed by atoms with Crippen molar-refractivity contribution in [3.05, 3.63) is 35.2 Å². The van der Waals surface area contributed by atoms with Crippen LogP contribution in [0.5, 0.6) is 0 Å². The van der Waals surface area contributed by atoms with Gasteiger partial charge in [-0.25, -0.2) is 0 Å².